The van der Waals surface area contributed by atoms with Gasteiger partial charge in [-0.3, -0.25) is 9.78 Å². The van der Waals surface area contributed by atoms with Gasteiger partial charge in [0, 0.05) is 70.1 Å². The van der Waals surface area contributed by atoms with Crippen LogP contribution in [0.25, 0.3) is 11.1 Å². The number of benzene rings is 1. The minimum Gasteiger partial charge on any atom is -0.378 e. The predicted octanol–water partition coefficient (Wildman–Crippen LogP) is 3.96. The number of likely N-dealkylation sites (tertiary alicyclic amines) is 1. The van der Waals surface area contributed by atoms with Gasteiger partial charge >= 0.3 is 0 Å². The lowest BCUT2D eigenvalue weighted by atomic mass is 9.97. The van der Waals surface area contributed by atoms with Crippen molar-refractivity contribution in [2.24, 2.45) is 0 Å². The molecular weight excluding hydrogens is 400 g/mol. The van der Waals surface area contributed by atoms with E-state index < -0.39 is 0 Å². The number of carbonyl (C=O) groups excluding carboxylic acids is 1. The van der Waals surface area contributed by atoms with Gasteiger partial charge in [0.05, 0.1) is 11.7 Å². The first-order valence-electron chi connectivity index (χ1n) is 10.9. The van der Waals surface area contributed by atoms with E-state index in [2.05, 4.69) is 9.97 Å². The van der Waals surface area contributed by atoms with Crippen LogP contribution in [0.5, 0.6) is 0 Å². The van der Waals surface area contributed by atoms with Gasteiger partial charge in [-0.1, -0.05) is 0 Å². The van der Waals surface area contributed by atoms with Gasteiger partial charge in [-0.2, -0.15) is 0 Å². The lowest BCUT2D eigenvalue weighted by Gasteiger charge is -2.27. The van der Waals surface area contributed by atoms with Crippen LogP contribution in [0.2, 0.25) is 0 Å². The van der Waals surface area contributed by atoms with Crippen molar-refractivity contribution in [3.05, 3.63) is 65.7 Å². The van der Waals surface area contributed by atoms with E-state index in [1.165, 1.54) is 0 Å². The maximum absolute atomic E-state index is 13.5. The zero-order valence-corrected chi connectivity index (χ0v) is 19.4. The fraction of sp³-hybridized carbons (Fsp3) is 0.360. The Balaban J connectivity index is 1.75. The molecule has 1 fully saturated rings. The molecule has 0 radical (unpaired) electrons. The molecule has 2 aromatic heterocycles. The van der Waals surface area contributed by atoms with Crippen LogP contribution in [0.1, 0.15) is 40.5 Å². The third-order valence-electron chi connectivity index (χ3n) is 5.98. The Hall–Kier alpha value is -3.48. The molecule has 1 aliphatic heterocycles. The Bertz CT molecular complexity index is 1110. The number of nitrogens with zero attached hydrogens (tertiary/aromatic N) is 6. The van der Waals surface area contributed by atoms with E-state index in [-0.39, 0.29) is 11.9 Å². The molecule has 0 N–H and O–H groups in total. The Morgan fingerprint density at radius 1 is 1.00 bits per heavy atom. The fourth-order valence-electron chi connectivity index (χ4n) is 4.20. The Kier molecular flexibility index (Phi) is 6.08. The second-order valence-corrected chi connectivity index (χ2v) is 8.65. The quantitative estimate of drug-likeness (QED) is 0.611. The largest absolute Gasteiger partial charge is 0.378 e. The molecule has 1 unspecified atom stereocenters. The number of aryl methyl sites for hydroxylation is 1. The topological polar surface area (TPSA) is 65.5 Å². The van der Waals surface area contributed by atoms with Gasteiger partial charge in [-0.15, -0.1) is 0 Å². The van der Waals surface area contributed by atoms with E-state index in [0.717, 1.165) is 47.5 Å². The highest BCUT2D eigenvalue weighted by Gasteiger charge is 2.34. The smallest absolute Gasteiger partial charge is 0.254 e. The molecular formula is C25H30N6O. The molecule has 4 rings (SSSR count). The van der Waals surface area contributed by atoms with E-state index in [1.807, 2.05) is 92.5 Å². The molecule has 3 heterocycles. The summed E-state index contributed by atoms with van der Waals surface area (Å²) in [6, 6.07) is 9.68. The number of amides is 1. The maximum atomic E-state index is 13.5. The molecule has 0 spiro atoms. The van der Waals surface area contributed by atoms with Crippen molar-refractivity contribution in [3.8, 4) is 11.1 Å². The van der Waals surface area contributed by atoms with Crippen molar-refractivity contribution >= 4 is 17.5 Å². The summed E-state index contributed by atoms with van der Waals surface area (Å²) in [6.45, 7) is 2.75. The van der Waals surface area contributed by atoms with E-state index in [1.54, 1.807) is 6.20 Å². The molecule has 1 aromatic carbocycles. The molecule has 1 amide bonds. The first-order valence-corrected chi connectivity index (χ1v) is 10.9. The highest BCUT2D eigenvalue weighted by atomic mass is 16.2. The van der Waals surface area contributed by atoms with Crippen molar-refractivity contribution in [2.75, 3.05) is 44.5 Å². The number of pyridine rings is 1. The van der Waals surface area contributed by atoms with Gasteiger partial charge in [-0.25, -0.2) is 9.97 Å². The third-order valence-corrected chi connectivity index (χ3v) is 5.98. The standard InChI is InChI=1S/C25H30N6O/c1-17-15-26-13-12-20(17)21-16-27-25(30(4)5)28-23(21)22-7-6-14-31(22)24(32)18-8-10-19(11-9-18)29(2)3/h8-13,15-16,22H,6-7,14H2,1-5H3. The second kappa shape index (κ2) is 8.94. The van der Waals surface area contributed by atoms with Crippen molar-refractivity contribution in [2.45, 2.75) is 25.8 Å². The first-order chi connectivity index (χ1) is 15.4. The van der Waals surface area contributed by atoms with Crippen LogP contribution in [-0.2, 0) is 0 Å². The summed E-state index contributed by atoms with van der Waals surface area (Å²) in [7, 11) is 7.85. The van der Waals surface area contributed by atoms with E-state index in [9.17, 15) is 4.79 Å². The average Bonchev–Trinajstić information content (AvgIpc) is 3.28. The molecule has 3 aromatic rings. The van der Waals surface area contributed by atoms with Crippen LogP contribution in [0.4, 0.5) is 11.6 Å². The molecule has 0 saturated carbocycles. The van der Waals surface area contributed by atoms with Gasteiger partial charge in [-0.05, 0) is 61.2 Å². The average molecular weight is 431 g/mol. The first kappa shape index (κ1) is 21.7. The summed E-state index contributed by atoms with van der Waals surface area (Å²) >= 11 is 0. The minimum atomic E-state index is -0.0970. The van der Waals surface area contributed by atoms with Gasteiger partial charge in [0.25, 0.3) is 5.91 Å². The summed E-state index contributed by atoms with van der Waals surface area (Å²) in [5, 5.41) is 0. The second-order valence-electron chi connectivity index (χ2n) is 8.65. The Morgan fingerprint density at radius 3 is 2.41 bits per heavy atom. The van der Waals surface area contributed by atoms with E-state index >= 15 is 0 Å². The number of rotatable bonds is 5. The molecule has 1 aliphatic rings. The number of hydrogen-bond acceptors (Lipinski definition) is 6. The molecule has 1 atom stereocenters. The van der Waals surface area contributed by atoms with Crippen LogP contribution in [0, 0.1) is 6.92 Å². The van der Waals surface area contributed by atoms with Gasteiger partial charge in [0.2, 0.25) is 5.95 Å². The van der Waals surface area contributed by atoms with Crippen LogP contribution < -0.4 is 9.80 Å². The maximum Gasteiger partial charge on any atom is 0.254 e. The van der Waals surface area contributed by atoms with Gasteiger partial charge in [0.1, 0.15) is 0 Å². The summed E-state index contributed by atoms with van der Waals surface area (Å²) < 4.78 is 0. The Labute approximate surface area is 189 Å². The zero-order chi connectivity index (χ0) is 22.8. The minimum absolute atomic E-state index is 0.0419. The van der Waals surface area contributed by atoms with Crippen molar-refractivity contribution in [1.29, 1.82) is 0 Å². The summed E-state index contributed by atoms with van der Waals surface area (Å²) in [4.78, 5) is 33.1. The van der Waals surface area contributed by atoms with Crippen LogP contribution in [0.15, 0.2) is 48.9 Å². The molecule has 1 saturated heterocycles. The number of carbonyl (C=O) groups is 1. The molecule has 0 aliphatic carbocycles. The highest BCUT2D eigenvalue weighted by Crippen LogP contribution is 2.38. The van der Waals surface area contributed by atoms with Crippen molar-refractivity contribution in [3.63, 3.8) is 0 Å². The number of anilines is 2. The molecule has 166 valence electrons. The normalized spacial score (nSPS) is 15.7. The monoisotopic (exact) mass is 430 g/mol. The van der Waals surface area contributed by atoms with Crippen LogP contribution in [0.3, 0.4) is 0 Å². The van der Waals surface area contributed by atoms with E-state index in [0.29, 0.717) is 11.5 Å². The van der Waals surface area contributed by atoms with E-state index in [4.69, 9.17) is 4.98 Å². The van der Waals surface area contributed by atoms with Crippen molar-refractivity contribution < 1.29 is 4.79 Å². The lowest BCUT2D eigenvalue weighted by Crippen LogP contribution is -2.31. The zero-order valence-electron chi connectivity index (χ0n) is 19.4. The molecule has 7 nitrogen and oxygen atoms in total. The van der Waals surface area contributed by atoms with Gasteiger partial charge in [0.15, 0.2) is 0 Å². The summed E-state index contributed by atoms with van der Waals surface area (Å²) in [5.41, 5.74) is 5.74. The third kappa shape index (κ3) is 4.15. The number of aromatic nitrogens is 3. The fourth-order valence-corrected chi connectivity index (χ4v) is 4.20. The lowest BCUT2D eigenvalue weighted by molar-refractivity contribution is 0.0733. The summed E-state index contributed by atoms with van der Waals surface area (Å²) in [5.74, 6) is 0.685. The SMILES string of the molecule is Cc1cnccc1-c1cnc(N(C)C)nc1C1CCCN1C(=O)c1ccc(N(C)C)cc1. The van der Waals surface area contributed by atoms with Crippen LogP contribution in [-0.4, -0.2) is 60.5 Å². The molecule has 7 heteroatoms. The van der Waals surface area contributed by atoms with Crippen LogP contribution >= 0.6 is 0 Å². The highest BCUT2D eigenvalue weighted by molar-refractivity contribution is 5.95. The molecule has 0 bridgehead atoms. The predicted molar refractivity (Wildman–Crippen MR) is 128 cm³/mol. The van der Waals surface area contributed by atoms with Crippen molar-refractivity contribution in [1.82, 2.24) is 19.9 Å². The van der Waals surface area contributed by atoms with Gasteiger partial charge < -0.3 is 14.7 Å². The number of hydrogen-bond donors (Lipinski definition) is 0. The summed E-state index contributed by atoms with van der Waals surface area (Å²) in [6.07, 6.45) is 7.34. The Morgan fingerprint density at radius 2 is 1.75 bits per heavy atom. The molecule has 32 heavy (non-hydrogen) atoms.